The summed E-state index contributed by atoms with van der Waals surface area (Å²) in [4.78, 5) is 0. The first-order valence-corrected chi connectivity index (χ1v) is 6.72. The zero-order chi connectivity index (χ0) is 11.1. The third-order valence-electron chi connectivity index (χ3n) is 4.14. The topological polar surface area (TPSA) is 38.0 Å². The van der Waals surface area contributed by atoms with Crippen LogP contribution in [0, 0.1) is 17.8 Å². The highest BCUT2D eigenvalue weighted by Crippen LogP contribution is 2.29. The van der Waals surface area contributed by atoms with Crippen LogP contribution in [0.3, 0.4) is 0 Å². The second-order valence-electron chi connectivity index (χ2n) is 5.00. The molecule has 2 nitrogen and oxygen atoms in total. The molecular formula is C13H28N2. The Bertz CT molecular complexity index is 149. The molecule has 90 valence electrons. The average molecular weight is 212 g/mol. The number of nitrogens with two attached hydrogens (primary N) is 1. The van der Waals surface area contributed by atoms with E-state index in [2.05, 4.69) is 19.2 Å². The van der Waals surface area contributed by atoms with Gasteiger partial charge in [-0.05, 0) is 56.7 Å². The predicted octanol–water partition coefficient (Wildman–Crippen LogP) is 2.39. The van der Waals surface area contributed by atoms with Gasteiger partial charge in [-0.2, -0.15) is 0 Å². The molecule has 0 aromatic heterocycles. The summed E-state index contributed by atoms with van der Waals surface area (Å²) in [7, 11) is 0. The van der Waals surface area contributed by atoms with Gasteiger partial charge in [-0.3, -0.25) is 0 Å². The molecule has 1 heterocycles. The van der Waals surface area contributed by atoms with Crippen molar-refractivity contribution < 1.29 is 0 Å². The smallest absolute Gasteiger partial charge is 0.00461 e. The fraction of sp³-hybridized carbons (Fsp3) is 1.00. The summed E-state index contributed by atoms with van der Waals surface area (Å²) in [6.07, 6.45) is 6.66. The van der Waals surface area contributed by atoms with E-state index in [4.69, 9.17) is 5.73 Å². The van der Waals surface area contributed by atoms with Crippen molar-refractivity contribution in [2.45, 2.75) is 46.0 Å². The van der Waals surface area contributed by atoms with E-state index in [-0.39, 0.29) is 0 Å². The fourth-order valence-electron chi connectivity index (χ4n) is 2.85. The minimum atomic E-state index is 0.775. The van der Waals surface area contributed by atoms with Crippen molar-refractivity contribution in [3.8, 4) is 0 Å². The maximum atomic E-state index is 5.94. The summed E-state index contributed by atoms with van der Waals surface area (Å²) < 4.78 is 0. The summed E-state index contributed by atoms with van der Waals surface area (Å²) in [6, 6.07) is 0. The number of rotatable bonds is 6. The fourth-order valence-corrected chi connectivity index (χ4v) is 2.85. The van der Waals surface area contributed by atoms with Crippen molar-refractivity contribution in [2.24, 2.45) is 23.5 Å². The molecule has 0 bridgehead atoms. The van der Waals surface area contributed by atoms with Crippen LogP contribution in [0.25, 0.3) is 0 Å². The largest absolute Gasteiger partial charge is 0.330 e. The molecule has 0 unspecified atom stereocenters. The van der Waals surface area contributed by atoms with Gasteiger partial charge in [0, 0.05) is 0 Å². The zero-order valence-electron chi connectivity index (χ0n) is 10.5. The second kappa shape index (κ2) is 7.24. The molecule has 2 heteroatoms. The molecule has 0 aliphatic carbocycles. The van der Waals surface area contributed by atoms with Crippen molar-refractivity contribution in [3.63, 3.8) is 0 Å². The highest BCUT2D eigenvalue weighted by Gasteiger charge is 2.24. The molecule has 0 spiro atoms. The summed E-state index contributed by atoms with van der Waals surface area (Å²) in [5.74, 6) is 2.56. The molecule has 1 fully saturated rings. The standard InChI is InChI=1S/C13H28N2/c1-3-11(4-2)9-13(10-14)12-5-7-15-8-6-12/h11-13,15H,3-10,14H2,1-2H3/t13-/m0/s1. The van der Waals surface area contributed by atoms with Crippen LogP contribution in [0.1, 0.15) is 46.0 Å². The average Bonchev–Trinajstić information content (AvgIpc) is 2.32. The van der Waals surface area contributed by atoms with E-state index in [1.165, 1.54) is 45.2 Å². The molecule has 0 radical (unpaired) electrons. The van der Waals surface area contributed by atoms with Crippen LogP contribution in [0.5, 0.6) is 0 Å². The Balaban J connectivity index is 2.38. The monoisotopic (exact) mass is 212 g/mol. The van der Waals surface area contributed by atoms with Gasteiger partial charge in [0.2, 0.25) is 0 Å². The Morgan fingerprint density at radius 1 is 1.20 bits per heavy atom. The Morgan fingerprint density at radius 3 is 2.27 bits per heavy atom. The van der Waals surface area contributed by atoms with Crippen LogP contribution >= 0.6 is 0 Å². The lowest BCUT2D eigenvalue weighted by Gasteiger charge is -2.32. The van der Waals surface area contributed by atoms with Gasteiger partial charge in [0.15, 0.2) is 0 Å². The van der Waals surface area contributed by atoms with Crippen LogP contribution in [0.15, 0.2) is 0 Å². The lowest BCUT2D eigenvalue weighted by Crippen LogP contribution is -2.35. The maximum absolute atomic E-state index is 5.94. The molecule has 15 heavy (non-hydrogen) atoms. The maximum Gasteiger partial charge on any atom is -0.00461 e. The normalized spacial score (nSPS) is 20.8. The predicted molar refractivity (Wildman–Crippen MR) is 66.8 cm³/mol. The lowest BCUT2D eigenvalue weighted by atomic mass is 9.78. The first kappa shape index (κ1) is 13.0. The molecule has 1 atom stereocenters. The second-order valence-corrected chi connectivity index (χ2v) is 5.00. The zero-order valence-corrected chi connectivity index (χ0v) is 10.5. The van der Waals surface area contributed by atoms with Crippen molar-refractivity contribution in [1.82, 2.24) is 5.32 Å². The number of hydrogen-bond donors (Lipinski definition) is 2. The molecule has 0 saturated carbocycles. The van der Waals surface area contributed by atoms with E-state index in [9.17, 15) is 0 Å². The van der Waals surface area contributed by atoms with E-state index < -0.39 is 0 Å². The Kier molecular flexibility index (Phi) is 6.26. The molecule has 0 aromatic rings. The van der Waals surface area contributed by atoms with Gasteiger partial charge in [-0.1, -0.05) is 26.7 Å². The van der Waals surface area contributed by atoms with E-state index in [0.717, 1.165) is 24.3 Å². The van der Waals surface area contributed by atoms with E-state index >= 15 is 0 Å². The Morgan fingerprint density at radius 2 is 1.80 bits per heavy atom. The summed E-state index contributed by atoms with van der Waals surface area (Å²) >= 11 is 0. The highest BCUT2D eigenvalue weighted by molar-refractivity contribution is 4.78. The minimum absolute atomic E-state index is 0.775. The van der Waals surface area contributed by atoms with E-state index in [0.29, 0.717) is 0 Å². The van der Waals surface area contributed by atoms with Gasteiger partial charge >= 0.3 is 0 Å². The molecule has 0 aromatic carbocycles. The summed E-state index contributed by atoms with van der Waals surface area (Å²) in [5.41, 5.74) is 5.94. The van der Waals surface area contributed by atoms with Crippen LogP contribution in [0.2, 0.25) is 0 Å². The molecule has 3 N–H and O–H groups in total. The lowest BCUT2D eigenvalue weighted by molar-refractivity contribution is 0.218. The number of hydrogen-bond acceptors (Lipinski definition) is 2. The minimum Gasteiger partial charge on any atom is -0.330 e. The molecule has 0 amide bonds. The van der Waals surface area contributed by atoms with Crippen molar-refractivity contribution >= 4 is 0 Å². The van der Waals surface area contributed by atoms with Crippen LogP contribution in [0.4, 0.5) is 0 Å². The number of nitrogens with one attached hydrogen (secondary N) is 1. The van der Waals surface area contributed by atoms with Gasteiger partial charge in [0.25, 0.3) is 0 Å². The molecule has 1 aliphatic rings. The van der Waals surface area contributed by atoms with Crippen molar-refractivity contribution in [1.29, 1.82) is 0 Å². The SMILES string of the molecule is CCC(CC)C[C@@H](CN)C1CCNCC1. The van der Waals surface area contributed by atoms with Crippen molar-refractivity contribution in [3.05, 3.63) is 0 Å². The van der Waals surface area contributed by atoms with Gasteiger partial charge in [0.05, 0.1) is 0 Å². The third kappa shape index (κ3) is 4.12. The molecule has 1 rings (SSSR count). The van der Waals surface area contributed by atoms with Gasteiger partial charge in [0.1, 0.15) is 0 Å². The number of piperidine rings is 1. The Hall–Kier alpha value is -0.0800. The summed E-state index contributed by atoms with van der Waals surface area (Å²) in [6.45, 7) is 7.91. The van der Waals surface area contributed by atoms with Gasteiger partial charge in [-0.25, -0.2) is 0 Å². The first-order valence-electron chi connectivity index (χ1n) is 6.72. The quantitative estimate of drug-likeness (QED) is 0.709. The van der Waals surface area contributed by atoms with E-state index in [1.807, 2.05) is 0 Å². The molecule has 1 aliphatic heterocycles. The highest BCUT2D eigenvalue weighted by atomic mass is 14.9. The third-order valence-corrected chi connectivity index (χ3v) is 4.14. The molecule has 1 saturated heterocycles. The Labute approximate surface area is 95.0 Å². The van der Waals surface area contributed by atoms with Crippen molar-refractivity contribution in [2.75, 3.05) is 19.6 Å². The summed E-state index contributed by atoms with van der Waals surface area (Å²) in [5, 5.41) is 3.43. The first-order chi connectivity index (χ1) is 7.31. The van der Waals surface area contributed by atoms with Gasteiger partial charge in [-0.15, -0.1) is 0 Å². The molecular weight excluding hydrogens is 184 g/mol. The van der Waals surface area contributed by atoms with Crippen LogP contribution < -0.4 is 11.1 Å². The van der Waals surface area contributed by atoms with Crippen LogP contribution in [-0.2, 0) is 0 Å². The van der Waals surface area contributed by atoms with E-state index in [1.54, 1.807) is 0 Å². The van der Waals surface area contributed by atoms with Gasteiger partial charge < -0.3 is 11.1 Å². The van der Waals surface area contributed by atoms with Crippen LogP contribution in [-0.4, -0.2) is 19.6 Å².